The van der Waals surface area contributed by atoms with Gasteiger partial charge in [0, 0.05) is 0 Å². The number of hydrogen-bond acceptors (Lipinski definition) is 3. The van der Waals surface area contributed by atoms with Crippen LogP contribution in [0.3, 0.4) is 0 Å². The lowest BCUT2D eigenvalue weighted by atomic mass is 10.3. The molecule has 0 aliphatic carbocycles. The Hall–Kier alpha value is -0.380. The SMILES string of the molecule is NOCCc1ccsc1. The minimum absolute atomic E-state index is 0.608. The Kier molecular flexibility index (Phi) is 2.70. The third-order valence-corrected chi connectivity index (χ3v) is 1.82. The van der Waals surface area contributed by atoms with Crippen molar-refractivity contribution >= 4 is 11.3 Å². The summed E-state index contributed by atoms with van der Waals surface area (Å²) in [4.78, 5) is 4.42. The Balaban J connectivity index is 2.30. The molecule has 1 aromatic heterocycles. The van der Waals surface area contributed by atoms with Crippen LogP contribution in [0.25, 0.3) is 0 Å². The molecule has 0 spiro atoms. The van der Waals surface area contributed by atoms with Gasteiger partial charge in [-0.1, -0.05) is 0 Å². The first-order valence-corrected chi connectivity index (χ1v) is 3.70. The standard InChI is InChI=1S/C6H9NOS/c7-8-3-1-6-2-4-9-5-6/h2,4-5H,1,3,7H2. The summed E-state index contributed by atoms with van der Waals surface area (Å²) >= 11 is 1.69. The highest BCUT2D eigenvalue weighted by Gasteiger charge is 1.89. The summed E-state index contributed by atoms with van der Waals surface area (Å²) in [7, 11) is 0. The molecule has 0 aliphatic rings. The molecule has 0 radical (unpaired) electrons. The topological polar surface area (TPSA) is 35.2 Å². The second kappa shape index (κ2) is 3.61. The molecule has 1 rings (SSSR count). The van der Waals surface area contributed by atoms with Crippen LogP contribution >= 0.6 is 11.3 Å². The Morgan fingerprint density at radius 2 is 2.56 bits per heavy atom. The van der Waals surface area contributed by atoms with Crippen LogP contribution in [0.4, 0.5) is 0 Å². The summed E-state index contributed by atoms with van der Waals surface area (Å²) in [6.45, 7) is 0.608. The van der Waals surface area contributed by atoms with Gasteiger partial charge >= 0.3 is 0 Å². The van der Waals surface area contributed by atoms with Gasteiger partial charge in [0.2, 0.25) is 0 Å². The highest BCUT2D eigenvalue weighted by Crippen LogP contribution is 2.05. The fourth-order valence-corrected chi connectivity index (χ4v) is 1.31. The minimum atomic E-state index is 0.608. The van der Waals surface area contributed by atoms with E-state index < -0.39 is 0 Å². The predicted molar refractivity (Wildman–Crippen MR) is 38.2 cm³/mol. The van der Waals surface area contributed by atoms with Crippen LogP contribution in [0.1, 0.15) is 5.56 Å². The summed E-state index contributed by atoms with van der Waals surface area (Å²) in [5, 5.41) is 4.14. The molecule has 0 atom stereocenters. The van der Waals surface area contributed by atoms with Gasteiger partial charge in [0.05, 0.1) is 6.61 Å². The molecule has 0 aromatic carbocycles. The first-order valence-electron chi connectivity index (χ1n) is 2.76. The molecule has 3 heteroatoms. The van der Waals surface area contributed by atoms with Crippen molar-refractivity contribution in [3.8, 4) is 0 Å². The lowest BCUT2D eigenvalue weighted by Gasteiger charge is -1.92. The molecule has 1 aromatic rings. The van der Waals surface area contributed by atoms with Crippen LogP contribution < -0.4 is 5.90 Å². The quantitative estimate of drug-likeness (QED) is 0.645. The molecule has 0 bridgehead atoms. The van der Waals surface area contributed by atoms with Crippen LogP contribution in [0, 0.1) is 0 Å². The molecule has 50 valence electrons. The van der Waals surface area contributed by atoms with Crippen LogP contribution in [-0.4, -0.2) is 6.61 Å². The molecule has 0 unspecified atom stereocenters. The minimum Gasteiger partial charge on any atom is -0.304 e. The maximum absolute atomic E-state index is 4.85. The van der Waals surface area contributed by atoms with E-state index in [1.807, 2.05) is 5.38 Å². The summed E-state index contributed by atoms with van der Waals surface area (Å²) in [5.74, 6) is 4.85. The van der Waals surface area contributed by atoms with Crippen molar-refractivity contribution < 1.29 is 4.84 Å². The van der Waals surface area contributed by atoms with E-state index in [4.69, 9.17) is 5.90 Å². The van der Waals surface area contributed by atoms with Crippen molar-refractivity contribution in [1.82, 2.24) is 0 Å². The zero-order valence-corrected chi connectivity index (χ0v) is 5.86. The van der Waals surface area contributed by atoms with E-state index in [1.54, 1.807) is 11.3 Å². The van der Waals surface area contributed by atoms with Crippen LogP contribution in [0.2, 0.25) is 0 Å². The van der Waals surface area contributed by atoms with Crippen molar-refractivity contribution in [2.75, 3.05) is 6.61 Å². The van der Waals surface area contributed by atoms with Gasteiger partial charge in [-0.25, -0.2) is 5.90 Å². The molecular formula is C6H9NOS. The maximum atomic E-state index is 4.85. The van der Waals surface area contributed by atoms with E-state index in [-0.39, 0.29) is 0 Å². The molecule has 0 fully saturated rings. The fraction of sp³-hybridized carbons (Fsp3) is 0.333. The Bertz CT molecular complexity index is 150. The van der Waals surface area contributed by atoms with E-state index in [2.05, 4.69) is 16.3 Å². The third kappa shape index (κ3) is 2.13. The Morgan fingerprint density at radius 3 is 3.11 bits per heavy atom. The first kappa shape index (κ1) is 6.74. The van der Waals surface area contributed by atoms with Gasteiger partial charge in [-0.15, -0.1) is 0 Å². The normalized spacial score (nSPS) is 9.89. The smallest absolute Gasteiger partial charge is 0.0719 e. The van der Waals surface area contributed by atoms with Gasteiger partial charge in [0.25, 0.3) is 0 Å². The molecule has 9 heavy (non-hydrogen) atoms. The lowest BCUT2D eigenvalue weighted by molar-refractivity contribution is 0.141. The summed E-state index contributed by atoms with van der Waals surface area (Å²) in [6, 6.07) is 2.07. The van der Waals surface area contributed by atoms with E-state index in [0.29, 0.717) is 6.61 Å². The zero-order valence-electron chi connectivity index (χ0n) is 5.04. The van der Waals surface area contributed by atoms with Crippen molar-refractivity contribution in [3.63, 3.8) is 0 Å². The highest BCUT2D eigenvalue weighted by atomic mass is 32.1. The monoisotopic (exact) mass is 143 g/mol. The molecule has 0 amide bonds. The van der Waals surface area contributed by atoms with E-state index in [9.17, 15) is 0 Å². The van der Waals surface area contributed by atoms with Gasteiger partial charge in [-0.05, 0) is 28.8 Å². The number of rotatable bonds is 3. The number of thiophene rings is 1. The van der Waals surface area contributed by atoms with E-state index >= 15 is 0 Å². The van der Waals surface area contributed by atoms with Gasteiger partial charge in [0.15, 0.2) is 0 Å². The fourth-order valence-electron chi connectivity index (χ4n) is 0.612. The van der Waals surface area contributed by atoms with E-state index in [0.717, 1.165) is 6.42 Å². The van der Waals surface area contributed by atoms with E-state index in [1.165, 1.54) is 5.56 Å². The van der Waals surface area contributed by atoms with Crippen molar-refractivity contribution in [1.29, 1.82) is 0 Å². The molecule has 1 heterocycles. The Morgan fingerprint density at radius 1 is 1.67 bits per heavy atom. The highest BCUT2D eigenvalue weighted by molar-refractivity contribution is 7.07. The summed E-state index contributed by atoms with van der Waals surface area (Å²) in [5.41, 5.74) is 1.30. The Labute approximate surface area is 58.2 Å². The van der Waals surface area contributed by atoms with Gasteiger partial charge in [0.1, 0.15) is 0 Å². The average molecular weight is 143 g/mol. The summed E-state index contributed by atoms with van der Waals surface area (Å²) < 4.78 is 0. The number of nitrogens with two attached hydrogens (primary N) is 1. The lowest BCUT2D eigenvalue weighted by Crippen LogP contribution is -2.02. The van der Waals surface area contributed by atoms with Gasteiger partial charge in [-0.3, -0.25) is 0 Å². The first-order chi connectivity index (χ1) is 4.43. The van der Waals surface area contributed by atoms with Crippen molar-refractivity contribution in [2.45, 2.75) is 6.42 Å². The molecule has 0 saturated carbocycles. The molecular weight excluding hydrogens is 134 g/mol. The van der Waals surface area contributed by atoms with Crippen molar-refractivity contribution in [3.05, 3.63) is 22.4 Å². The van der Waals surface area contributed by atoms with Gasteiger partial charge in [-0.2, -0.15) is 11.3 Å². The largest absolute Gasteiger partial charge is 0.304 e. The molecule has 2 nitrogen and oxygen atoms in total. The second-order valence-corrected chi connectivity index (χ2v) is 2.53. The maximum Gasteiger partial charge on any atom is 0.0719 e. The average Bonchev–Trinajstić information content (AvgIpc) is 2.34. The zero-order chi connectivity index (χ0) is 6.53. The van der Waals surface area contributed by atoms with Crippen molar-refractivity contribution in [2.24, 2.45) is 5.90 Å². The predicted octanol–water partition coefficient (Wildman–Crippen LogP) is 1.18. The second-order valence-electron chi connectivity index (χ2n) is 1.75. The third-order valence-electron chi connectivity index (χ3n) is 1.09. The van der Waals surface area contributed by atoms with Gasteiger partial charge < -0.3 is 4.84 Å². The number of hydrogen-bond donors (Lipinski definition) is 1. The van der Waals surface area contributed by atoms with Crippen LogP contribution in [0.15, 0.2) is 16.8 Å². The van der Waals surface area contributed by atoms with Crippen LogP contribution in [0.5, 0.6) is 0 Å². The summed E-state index contributed by atoms with van der Waals surface area (Å²) in [6.07, 6.45) is 0.917. The van der Waals surface area contributed by atoms with Crippen LogP contribution in [-0.2, 0) is 11.3 Å². The molecule has 0 saturated heterocycles. The molecule has 2 N–H and O–H groups in total. The molecule has 0 aliphatic heterocycles.